The standard InChI is InChI=1S/C6H6ClN3O3S/c7-14(12,13)10-6(11)9-5-3-1-2-4-8-5/h1-4H,(H2,8,9,10,11). The minimum Gasteiger partial charge on any atom is -0.292 e. The third kappa shape index (κ3) is 4.06. The van der Waals surface area contributed by atoms with Crippen LogP contribution in [0.25, 0.3) is 0 Å². The molecular weight excluding hydrogens is 230 g/mol. The number of carbonyl (C=O) groups excluding carboxylic acids is 1. The molecular formula is C6H6ClN3O3S. The molecule has 0 atom stereocenters. The van der Waals surface area contributed by atoms with Gasteiger partial charge in [-0.1, -0.05) is 6.07 Å². The van der Waals surface area contributed by atoms with Crippen molar-refractivity contribution in [1.82, 2.24) is 9.71 Å². The maximum absolute atomic E-state index is 10.9. The van der Waals surface area contributed by atoms with Gasteiger partial charge in [-0.15, -0.1) is 0 Å². The van der Waals surface area contributed by atoms with Gasteiger partial charge in [0.25, 0.3) is 0 Å². The zero-order chi connectivity index (χ0) is 10.6. The van der Waals surface area contributed by atoms with Crippen molar-refractivity contribution in [1.29, 1.82) is 0 Å². The summed E-state index contributed by atoms with van der Waals surface area (Å²) in [6.45, 7) is 0. The number of nitrogens with one attached hydrogen (secondary N) is 2. The average Bonchev–Trinajstić information content (AvgIpc) is 2.02. The van der Waals surface area contributed by atoms with Crippen molar-refractivity contribution in [2.45, 2.75) is 0 Å². The molecule has 0 unspecified atom stereocenters. The smallest absolute Gasteiger partial charge is 0.292 e. The van der Waals surface area contributed by atoms with E-state index < -0.39 is 15.3 Å². The summed E-state index contributed by atoms with van der Waals surface area (Å²) in [6.07, 6.45) is 1.45. The van der Waals surface area contributed by atoms with Gasteiger partial charge in [0.1, 0.15) is 5.82 Å². The van der Waals surface area contributed by atoms with Gasteiger partial charge in [-0.2, -0.15) is 8.42 Å². The fourth-order valence-electron chi connectivity index (χ4n) is 0.689. The number of amides is 2. The van der Waals surface area contributed by atoms with Crippen LogP contribution in [0.2, 0.25) is 0 Å². The topological polar surface area (TPSA) is 88.2 Å². The Bertz CT molecular complexity index is 419. The van der Waals surface area contributed by atoms with Crippen LogP contribution in [-0.2, 0) is 9.24 Å². The van der Waals surface area contributed by atoms with Crippen molar-refractivity contribution in [3.05, 3.63) is 24.4 Å². The number of hydrogen-bond acceptors (Lipinski definition) is 4. The van der Waals surface area contributed by atoms with E-state index in [0.29, 0.717) is 0 Å². The summed E-state index contributed by atoms with van der Waals surface area (Å²) < 4.78 is 22.3. The number of rotatable bonds is 2. The summed E-state index contributed by atoms with van der Waals surface area (Å²) >= 11 is 0. The number of aromatic nitrogens is 1. The van der Waals surface area contributed by atoms with Gasteiger partial charge in [0.15, 0.2) is 0 Å². The maximum Gasteiger partial charge on any atom is 0.334 e. The predicted molar refractivity (Wildman–Crippen MR) is 51.2 cm³/mol. The molecule has 0 aliphatic carbocycles. The van der Waals surface area contributed by atoms with Crippen LogP contribution in [0.4, 0.5) is 10.6 Å². The normalized spacial score (nSPS) is 10.6. The minimum atomic E-state index is -4.06. The summed E-state index contributed by atoms with van der Waals surface area (Å²) in [5.41, 5.74) is 0. The Morgan fingerprint density at radius 1 is 1.43 bits per heavy atom. The Morgan fingerprint density at radius 2 is 2.14 bits per heavy atom. The number of hydrogen-bond donors (Lipinski definition) is 2. The van der Waals surface area contributed by atoms with Crippen molar-refractivity contribution in [2.24, 2.45) is 0 Å². The van der Waals surface area contributed by atoms with Gasteiger partial charge in [0, 0.05) is 16.9 Å². The Balaban J connectivity index is 2.59. The zero-order valence-corrected chi connectivity index (χ0v) is 8.34. The van der Waals surface area contributed by atoms with E-state index in [0.717, 1.165) is 0 Å². The average molecular weight is 236 g/mol. The first-order chi connectivity index (χ1) is 6.47. The van der Waals surface area contributed by atoms with Gasteiger partial charge in [0.05, 0.1) is 0 Å². The van der Waals surface area contributed by atoms with Gasteiger partial charge in [-0.05, 0) is 12.1 Å². The molecule has 2 amide bonds. The van der Waals surface area contributed by atoms with Crippen LogP contribution in [0, 0.1) is 0 Å². The van der Waals surface area contributed by atoms with Crippen LogP contribution in [0.3, 0.4) is 0 Å². The first-order valence-corrected chi connectivity index (χ1v) is 5.73. The van der Waals surface area contributed by atoms with Gasteiger partial charge in [-0.25, -0.2) is 14.5 Å². The predicted octanol–water partition coefficient (Wildman–Crippen LogP) is 0.687. The second-order valence-electron chi connectivity index (χ2n) is 2.21. The summed E-state index contributed by atoms with van der Waals surface area (Å²) in [5.74, 6) is 0.227. The highest BCUT2D eigenvalue weighted by atomic mass is 35.7. The number of carbonyl (C=O) groups is 1. The molecule has 14 heavy (non-hydrogen) atoms. The summed E-state index contributed by atoms with van der Waals surface area (Å²) in [4.78, 5) is 14.6. The van der Waals surface area contributed by atoms with Crippen molar-refractivity contribution in [3.8, 4) is 0 Å². The molecule has 0 aliphatic rings. The molecule has 1 aromatic heterocycles. The molecule has 8 heteroatoms. The van der Waals surface area contributed by atoms with E-state index >= 15 is 0 Å². The first kappa shape index (κ1) is 10.7. The highest BCUT2D eigenvalue weighted by Crippen LogP contribution is 1.99. The second kappa shape index (κ2) is 4.25. The van der Waals surface area contributed by atoms with E-state index in [2.05, 4.69) is 10.3 Å². The van der Waals surface area contributed by atoms with Gasteiger partial charge >= 0.3 is 15.3 Å². The summed E-state index contributed by atoms with van der Waals surface area (Å²) in [7, 11) is 0.713. The Labute approximate surface area is 84.8 Å². The third-order valence-electron chi connectivity index (χ3n) is 1.12. The van der Waals surface area contributed by atoms with E-state index in [-0.39, 0.29) is 5.82 Å². The van der Waals surface area contributed by atoms with Crippen molar-refractivity contribution < 1.29 is 13.2 Å². The van der Waals surface area contributed by atoms with Crippen LogP contribution < -0.4 is 10.0 Å². The molecule has 0 saturated heterocycles. The SMILES string of the molecule is O=C(Nc1ccccn1)NS(=O)(=O)Cl. The minimum absolute atomic E-state index is 0.227. The van der Waals surface area contributed by atoms with E-state index in [1.807, 2.05) is 0 Å². The highest BCUT2D eigenvalue weighted by molar-refractivity contribution is 8.12. The van der Waals surface area contributed by atoms with Crippen molar-refractivity contribution >= 4 is 31.8 Å². The van der Waals surface area contributed by atoms with Crippen LogP contribution in [0.15, 0.2) is 24.4 Å². The molecule has 0 aromatic carbocycles. The zero-order valence-electron chi connectivity index (χ0n) is 6.77. The lowest BCUT2D eigenvalue weighted by Crippen LogP contribution is -2.31. The van der Waals surface area contributed by atoms with E-state index in [1.54, 1.807) is 12.1 Å². The number of halogens is 1. The molecule has 1 rings (SSSR count). The Hall–Kier alpha value is -1.34. The second-order valence-corrected chi connectivity index (χ2v) is 4.51. The van der Waals surface area contributed by atoms with Gasteiger partial charge < -0.3 is 0 Å². The molecule has 0 aliphatic heterocycles. The Kier molecular flexibility index (Phi) is 3.26. The molecule has 0 radical (unpaired) electrons. The molecule has 0 spiro atoms. The van der Waals surface area contributed by atoms with Crippen molar-refractivity contribution in [3.63, 3.8) is 0 Å². The lowest BCUT2D eigenvalue weighted by molar-refractivity contribution is 0.256. The van der Waals surface area contributed by atoms with Crippen LogP contribution in [0.1, 0.15) is 0 Å². The molecule has 0 saturated carbocycles. The molecule has 0 bridgehead atoms. The highest BCUT2D eigenvalue weighted by Gasteiger charge is 2.10. The molecule has 1 aromatic rings. The van der Waals surface area contributed by atoms with E-state index in [4.69, 9.17) is 10.7 Å². The van der Waals surface area contributed by atoms with Gasteiger partial charge in [-0.3, -0.25) is 5.32 Å². The fraction of sp³-hybridized carbons (Fsp3) is 0. The van der Waals surface area contributed by atoms with Crippen LogP contribution in [-0.4, -0.2) is 19.4 Å². The summed E-state index contributed by atoms with van der Waals surface area (Å²) in [6, 6.07) is 3.83. The number of anilines is 1. The molecule has 6 nitrogen and oxygen atoms in total. The molecule has 1 heterocycles. The maximum atomic E-state index is 10.9. The Morgan fingerprint density at radius 3 is 2.64 bits per heavy atom. The molecule has 0 fully saturated rings. The third-order valence-corrected chi connectivity index (χ3v) is 1.78. The number of pyridine rings is 1. The quantitative estimate of drug-likeness (QED) is 0.738. The largest absolute Gasteiger partial charge is 0.334 e. The number of nitrogens with zero attached hydrogens (tertiary/aromatic N) is 1. The van der Waals surface area contributed by atoms with Crippen molar-refractivity contribution in [2.75, 3.05) is 5.32 Å². The summed E-state index contributed by atoms with van der Waals surface area (Å²) in [5, 5.41) is 2.17. The van der Waals surface area contributed by atoms with Crippen LogP contribution >= 0.6 is 10.7 Å². The molecule has 2 N–H and O–H groups in total. The monoisotopic (exact) mass is 235 g/mol. The molecule has 76 valence electrons. The lowest BCUT2D eigenvalue weighted by atomic mass is 10.5. The van der Waals surface area contributed by atoms with Gasteiger partial charge in [0.2, 0.25) is 0 Å². The fourth-order valence-corrected chi connectivity index (χ4v) is 1.17. The van der Waals surface area contributed by atoms with E-state index in [9.17, 15) is 13.2 Å². The number of urea groups is 1. The lowest BCUT2D eigenvalue weighted by Gasteiger charge is -2.02. The first-order valence-electron chi connectivity index (χ1n) is 3.42. The van der Waals surface area contributed by atoms with Crippen LogP contribution in [0.5, 0.6) is 0 Å². The van der Waals surface area contributed by atoms with E-state index in [1.165, 1.54) is 17.0 Å².